The Morgan fingerprint density at radius 2 is 2.07 bits per heavy atom. The van der Waals surface area contributed by atoms with Gasteiger partial charge in [0.1, 0.15) is 5.76 Å². The van der Waals surface area contributed by atoms with Crippen molar-refractivity contribution in [2.24, 2.45) is 0 Å². The molecule has 0 radical (unpaired) electrons. The predicted molar refractivity (Wildman–Crippen MR) is 110 cm³/mol. The molecule has 0 amide bonds. The van der Waals surface area contributed by atoms with Crippen molar-refractivity contribution in [1.29, 1.82) is 0 Å². The molecular weight excluding hydrogens is 376 g/mol. The number of carbonyl (C=O) groups excluding carboxylic acids is 1. The summed E-state index contributed by atoms with van der Waals surface area (Å²) in [6.45, 7) is 6.85. The number of esters is 1. The Kier molecular flexibility index (Phi) is 6.51. The number of hydrogen-bond acceptors (Lipinski definition) is 7. The molecule has 7 nitrogen and oxygen atoms in total. The fraction of sp³-hybridized carbons (Fsp3) is 0.450. The van der Waals surface area contributed by atoms with Crippen molar-refractivity contribution in [3.63, 3.8) is 0 Å². The Morgan fingerprint density at radius 1 is 1.25 bits per heavy atom. The van der Waals surface area contributed by atoms with Gasteiger partial charge < -0.3 is 14.6 Å². The minimum atomic E-state index is -0.143. The Bertz CT molecular complexity index is 941. The molecule has 0 aromatic carbocycles. The Balaban J connectivity index is 1.59. The van der Waals surface area contributed by atoms with E-state index in [0.29, 0.717) is 6.42 Å². The number of aromatic nitrogens is 3. The van der Waals surface area contributed by atoms with Crippen LogP contribution < -0.4 is 5.32 Å². The largest absolute Gasteiger partial charge is 0.469 e. The van der Waals surface area contributed by atoms with Gasteiger partial charge in [-0.3, -0.25) is 9.36 Å². The fourth-order valence-electron chi connectivity index (χ4n) is 3.18. The second kappa shape index (κ2) is 9.05. The van der Waals surface area contributed by atoms with Crippen molar-refractivity contribution in [2.45, 2.75) is 46.5 Å². The first-order valence-electron chi connectivity index (χ1n) is 9.39. The molecule has 3 aromatic heterocycles. The van der Waals surface area contributed by atoms with Gasteiger partial charge in [-0.15, -0.1) is 11.3 Å². The smallest absolute Gasteiger partial charge is 0.305 e. The van der Waals surface area contributed by atoms with E-state index in [-0.39, 0.29) is 5.97 Å². The highest BCUT2D eigenvalue weighted by Gasteiger charge is 2.16. The summed E-state index contributed by atoms with van der Waals surface area (Å²) < 4.78 is 11.9. The van der Waals surface area contributed by atoms with Crippen molar-refractivity contribution >= 4 is 22.4 Å². The van der Waals surface area contributed by atoms with Crippen molar-refractivity contribution in [3.8, 4) is 17.1 Å². The van der Waals surface area contributed by atoms with E-state index in [0.717, 1.165) is 65.2 Å². The highest BCUT2D eigenvalue weighted by Crippen LogP contribution is 2.31. The molecule has 0 bridgehead atoms. The van der Waals surface area contributed by atoms with Gasteiger partial charge in [0.05, 0.1) is 12.8 Å². The molecule has 0 fully saturated rings. The number of unbranched alkanes of at least 4 members (excludes halogenated alkanes) is 2. The second-order valence-electron chi connectivity index (χ2n) is 6.77. The summed E-state index contributed by atoms with van der Waals surface area (Å²) in [7, 11) is 1.42. The van der Waals surface area contributed by atoms with Crippen molar-refractivity contribution < 1.29 is 14.1 Å². The standard InChI is InChI=1S/C20H26N4O3S/c1-13-10-16(15(3)24(13)18-11-14(2)27-23-18)17-12-28-20(22-17)21-9-7-5-6-8-19(25)26-4/h10-12H,5-9H2,1-4H3,(H,21,22). The van der Waals surface area contributed by atoms with Crippen molar-refractivity contribution in [3.05, 3.63) is 34.7 Å². The maximum Gasteiger partial charge on any atom is 0.305 e. The van der Waals surface area contributed by atoms with E-state index in [2.05, 4.69) is 45.1 Å². The Hall–Kier alpha value is -2.61. The molecule has 0 aliphatic heterocycles. The van der Waals surface area contributed by atoms with E-state index in [4.69, 9.17) is 9.51 Å². The number of anilines is 1. The molecule has 0 atom stereocenters. The maximum absolute atomic E-state index is 11.1. The van der Waals surface area contributed by atoms with Crippen LogP contribution >= 0.6 is 11.3 Å². The summed E-state index contributed by atoms with van der Waals surface area (Å²) in [5, 5.41) is 10.5. The summed E-state index contributed by atoms with van der Waals surface area (Å²) in [5.41, 5.74) is 4.23. The van der Waals surface area contributed by atoms with Crippen LogP contribution in [-0.4, -0.2) is 34.3 Å². The zero-order valence-electron chi connectivity index (χ0n) is 16.7. The van der Waals surface area contributed by atoms with E-state index in [1.807, 2.05) is 13.0 Å². The van der Waals surface area contributed by atoms with Gasteiger partial charge >= 0.3 is 5.97 Å². The number of methoxy groups -OCH3 is 1. The number of hydrogen-bond donors (Lipinski definition) is 1. The molecule has 3 heterocycles. The lowest BCUT2D eigenvalue weighted by atomic mass is 10.2. The van der Waals surface area contributed by atoms with E-state index in [1.165, 1.54) is 7.11 Å². The average molecular weight is 403 g/mol. The third kappa shape index (κ3) is 4.62. The van der Waals surface area contributed by atoms with Gasteiger partial charge in [0, 0.05) is 41.4 Å². The van der Waals surface area contributed by atoms with E-state index >= 15 is 0 Å². The van der Waals surface area contributed by atoms with Crippen LogP contribution in [0.2, 0.25) is 0 Å². The molecule has 0 aliphatic rings. The first-order chi connectivity index (χ1) is 13.5. The van der Waals surface area contributed by atoms with Gasteiger partial charge in [-0.2, -0.15) is 0 Å². The summed E-state index contributed by atoms with van der Waals surface area (Å²) in [4.78, 5) is 15.8. The first kappa shape index (κ1) is 20.1. The van der Waals surface area contributed by atoms with Crippen LogP contribution in [0.25, 0.3) is 17.1 Å². The SMILES string of the molecule is COC(=O)CCCCCNc1nc(-c2cc(C)n(-c3cc(C)on3)c2C)cs1. The number of ether oxygens (including phenoxy) is 1. The molecule has 1 N–H and O–H groups in total. The summed E-state index contributed by atoms with van der Waals surface area (Å²) in [6.07, 6.45) is 3.31. The van der Waals surface area contributed by atoms with Crippen LogP contribution in [0.3, 0.4) is 0 Å². The molecule has 150 valence electrons. The average Bonchev–Trinajstić information content (AvgIpc) is 3.37. The normalized spacial score (nSPS) is 11.0. The van der Waals surface area contributed by atoms with Gasteiger partial charge in [0.25, 0.3) is 0 Å². The molecule has 3 rings (SSSR count). The lowest BCUT2D eigenvalue weighted by molar-refractivity contribution is -0.140. The minimum absolute atomic E-state index is 0.143. The molecule has 28 heavy (non-hydrogen) atoms. The lowest BCUT2D eigenvalue weighted by Gasteiger charge is -2.04. The van der Waals surface area contributed by atoms with Crippen LogP contribution in [0.5, 0.6) is 0 Å². The van der Waals surface area contributed by atoms with Crippen LogP contribution in [-0.2, 0) is 9.53 Å². The molecule has 8 heteroatoms. The number of nitrogens with one attached hydrogen (secondary N) is 1. The van der Waals surface area contributed by atoms with Gasteiger partial charge in [-0.05, 0) is 39.7 Å². The first-order valence-corrected chi connectivity index (χ1v) is 10.3. The number of nitrogens with zero attached hydrogens (tertiary/aromatic N) is 3. The van der Waals surface area contributed by atoms with Crippen molar-refractivity contribution in [2.75, 3.05) is 19.0 Å². The van der Waals surface area contributed by atoms with Crippen molar-refractivity contribution in [1.82, 2.24) is 14.7 Å². The number of aryl methyl sites for hydroxylation is 2. The number of carbonyl (C=O) groups is 1. The number of rotatable bonds is 9. The Morgan fingerprint density at radius 3 is 2.79 bits per heavy atom. The predicted octanol–water partition coefficient (Wildman–Crippen LogP) is 4.66. The Labute approximate surface area is 168 Å². The number of thiazole rings is 1. The summed E-state index contributed by atoms with van der Waals surface area (Å²) >= 11 is 1.60. The highest BCUT2D eigenvalue weighted by molar-refractivity contribution is 7.14. The van der Waals surface area contributed by atoms with Gasteiger partial charge in [0.2, 0.25) is 0 Å². The third-order valence-corrected chi connectivity index (χ3v) is 5.42. The van der Waals surface area contributed by atoms with Crippen LogP contribution in [0.15, 0.2) is 22.0 Å². The molecule has 3 aromatic rings. The molecule has 0 aliphatic carbocycles. The van der Waals surface area contributed by atoms with Gasteiger partial charge in [-0.25, -0.2) is 4.98 Å². The van der Waals surface area contributed by atoms with Crippen LogP contribution in [0.4, 0.5) is 5.13 Å². The molecule has 0 saturated heterocycles. The molecule has 0 saturated carbocycles. The maximum atomic E-state index is 11.1. The zero-order chi connectivity index (χ0) is 20.1. The van der Waals surface area contributed by atoms with E-state index in [9.17, 15) is 4.79 Å². The molecular formula is C20H26N4O3S. The second-order valence-corrected chi connectivity index (χ2v) is 7.63. The van der Waals surface area contributed by atoms with E-state index in [1.54, 1.807) is 11.3 Å². The van der Waals surface area contributed by atoms with Crippen LogP contribution in [0, 0.1) is 20.8 Å². The summed E-state index contributed by atoms with van der Waals surface area (Å²) in [6, 6.07) is 4.06. The van der Waals surface area contributed by atoms with Crippen LogP contribution in [0.1, 0.15) is 42.8 Å². The minimum Gasteiger partial charge on any atom is -0.469 e. The topological polar surface area (TPSA) is 82.2 Å². The highest BCUT2D eigenvalue weighted by atomic mass is 32.1. The summed E-state index contributed by atoms with van der Waals surface area (Å²) in [5.74, 6) is 1.44. The molecule has 0 spiro atoms. The quantitative estimate of drug-likeness (QED) is 0.414. The van der Waals surface area contributed by atoms with Gasteiger partial charge in [-0.1, -0.05) is 11.6 Å². The monoisotopic (exact) mass is 402 g/mol. The zero-order valence-corrected chi connectivity index (χ0v) is 17.6. The lowest BCUT2D eigenvalue weighted by Crippen LogP contribution is -2.03. The third-order valence-electron chi connectivity index (χ3n) is 4.62. The van der Waals surface area contributed by atoms with E-state index < -0.39 is 0 Å². The molecule has 0 unspecified atom stereocenters. The van der Waals surface area contributed by atoms with Gasteiger partial charge in [0.15, 0.2) is 10.9 Å². The fourth-order valence-corrected chi connectivity index (χ4v) is 3.92.